The maximum atomic E-state index is 13.0. The molecule has 1 heterocycles. The van der Waals surface area contributed by atoms with E-state index in [1.807, 2.05) is 6.07 Å². The fraction of sp³-hybridized carbons (Fsp3) is 0.455. The first-order valence-electron chi connectivity index (χ1n) is 9.79. The van der Waals surface area contributed by atoms with E-state index in [0.29, 0.717) is 24.1 Å². The number of hydrogen-bond acceptors (Lipinski definition) is 4. The quantitative estimate of drug-likeness (QED) is 0.464. The molecule has 0 aromatic heterocycles. The Hall–Kier alpha value is -1.05. The van der Waals surface area contributed by atoms with Crippen molar-refractivity contribution in [1.82, 2.24) is 10.2 Å². The maximum Gasteiger partial charge on any atom is 0.175 e. The number of likely N-dealkylation sites (tertiary alicyclic amines) is 1. The van der Waals surface area contributed by atoms with Gasteiger partial charge in [0.15, 0.2) is 11.5 Å². The van der Waals surface area contributed by atoms with Crippen molar-refractivity contribution in [2.45, 2.75) is 39.0 Å². The van der Waals surface area contributed by atoms with Crippen molar-refractivity contribution in [3.8, 4) is 11.5 Å². The van der Waals surface area contributed by atoms with E-state index in [-0.39, 0.29) is 30.6 Å². The number of nitrogens with one attached hydrogen (secondary N) is 1. The van der Waals surface area contributed by atoms with Gasteiger partial charge in [-0.15, -0.1) is 24.8 Å². The van der Waals surface area contributed by atoms with Gasteiger partial charge < -0.3 is 14.8 Å². The molecule has 1 N–H and O–H groups in total. The van der Waals surface area contributed by atoms with E-state index in [4.69, 9.17) is 9.47 Å². The molecular formula is C22H30BrCl2FN2O2. The van der Waals surface area contributed by atoms with E-state index < -0.39 is 0 Å². The molecule has 1 saturated heterocycles. The summed E-state index contributed by atoms with van der Waals surface area (Å²) >= 11 is 3.60. The van der Waals surface area contributed by atoms with Gasteiger partial charge in [0.2, 0.25) is 0 Å². The SMILES string of the molecule is CCN1CCCC1CNCc1cc(Br)c(OCc2ccc(F)cc2)c(OC)c1.Cl.Cl. The molecule has 2 aromatic rings. The van der Waals surface area contributed by atoms with E-state index in [1.54, 1.807) is 19.2 Å². The highest BCUT2D eigenvalue weighted by atomic mass is 79.9. The Morgan fingerprint density at radius 2 is 1.90 bits per heavy atom. The summed E-state index contributed by atoms with van der Waals surface area (Å²) in [6.07, 6.45) is 2.56. The van der Waals surface area contributed by atoms with Gasteiger partial charge in [-0.1, -0.05) is 19.1 Å². The average Bonchev–Trinajstić information content (AvgIpc) is 3.15. The van der Waals surface area contributed by atoms with Crippen LogP contribution in [0.15, 0.2) is 40.9 Å². The average molecular weight is 524 g/mol. The Balaban J connectivity index is 0.00000225. The molecule has 8 heteroatoms. The fourth-order valence-corrected chi connectivity index (χ4v) is 4.28. The van der Waals surface area contributed by atoms with Crippen LogP contribution in [0.5, 0.6) is 11.5 Å². The zero-order chi connectivity index (χ0) is 19.9. The number of halogens is 4. The second-order valence-corrected chi connectivity index (χ2v) is 7.93. The summed E-state index contributed by atoms with van der Waals surface area (Å²) in [6, 6.07) is 11.0. The fourth-order valence-electron chi connectivity index (χ4n) is 3.68. The van der Waals surface area contributed by atoms with Crippen molar-refractivity contribution in [3.05, 3.63) is 57.8 Å². The molecule has 0 bridgehead atoms. The van der Waals surface area contributed by atoms with Crippen LogP contribution in [0.3, 0.4) is 0 Å². The first kappa shape index (κ1) is 27.0. The minimum absolute atomic E-state index is 0. The molecule has 0 aliphatic carbocycles. The van der Waals surface area contributed by atoms with Crippen molar-refractivity contribution in [2.24, 2.45) is 0 Å². The number of hydrogen-bond donors (Lipinski definition) is 1. The highest BCUT2D eigenvalue weighted by molar-refractivity contribution is 9.10. The Morgan fingerprint density at radius 1 is 1.17 bits per heavy atom. The standard InChI is InChI=1S/C22H28BrFN2O2.2ClH/c1-3-26-10-4-5-19(26)14-25-13-17-11-20(23)22(21(12-17)27-2)28-15-16-6-8-18(24)9-7-16;;/h6-9,11-12,19,25H,3-5,10,13-15H2,1-2H3;2*1H. The lowest BCUT2D eigenvalue weighted by Gasteiger charge is -2.23. The predicted octanol–water partition coefficient (Wildman–Crippen LogP) is 5.59. The summed E-state index contributed by atoms with van der Waals surface area (Å²) in [6.45, 7) is 6.68. The van der Waals surface area contributed by atoms with Crippen LogP contribution in [0.4, 0.5) is 4.39 Å². The first-order valence-corrected chi connectivity index (χ1v) is 10.6. The number of methoxy groups -OCH3 is 1. The molecule has 0 saturated carbocycles. The molecule has 4 nitrogen and oxygen atoms in total. The molecule has 1 aliphatic rings. The molecule has 1 unspecified atom stereocenters. The van der Waals surface area contributed by atoms with Crippen LogP contribution in [-0.4, -0.2) is 37.7 Å². The van der Waals surface area contributed by atoms with Gasteiger partial charge in [-0.05, 0) is 77.3 Å². The molecule has 1 fully saturated rings. The summed E-state index contributed by atoms with van der Waals surface area (Å²) in [5.41, 5.74) is 2.04. The Labute approximate surface area is 199 Å². The molecule has 0 amide bonds. The lowest BCUT2D eigenvalue weighted by atomic mass is 10.1. The summed E-state index contributed by atoms with van der Waals surface area (Å²) in [4.78, 5) is 2.54. The monoisotopic (exact) mass is 522 g/mol. The minimum Gasteiger partial charge on any atom is -0.493 e. The smallest absolute Gasteiger partial charge is 0.175 e. The van der Waals surface area contributed by atoms with Gasteiger partial charge in [-0.25, -0.2) is 4.39 Å². The Bertz CT molecular complexity index is 780. The highest BCUT2D eigenvalue weighted by Crippen LogP contribution is 2.37. The highest BCUT2D eigenvalue weighted by Gasteiger charge is 2.22. The third-order valence-corrected chi connectivity index (χ3v) is 5.79. The van der Waals surface area contributed by atoms with Gasteiger partial charge in [0, 0.05) is 19.1 Å². The van der Waals surface area contributed by atoms with E-state index in [9.17, 15) is 4.39 Å². The zero-order valence-corrected chi connectivity index (χ0v) is 20.5. The van der Waals surface area contributed by atoms with Crippen molar-refractivity contribution < 1.29 is 13.9 Å². The topological polar surface area (TPSA) is 33.7 Å². The maximum absolute atomic E-state index is 13.0. The largest absolute Gasteiger partial charge is 0.493 e. The van der Waals surface area contributed by atoms with Gasteiger partial charge in [0.1, 0.15) is 12.4 Å². The Kier molecular flexibility index (Phi) is 12.0. The molecule has 3 rings (SSSR count). The number of nitrogens with zero attached hydrogens (tertiary/aromatic N) is 1. The molecule has 1 atom stereocenters. The summed E-state index contributed by atoms with van der Waals surface area (Å²) in [5.74, 6) is 1.09. The third-order valence-electron chi connectivity index (χ3n) is 5.20. The molecular weight excluding hydrogens is 494 g/mol. The Morgan fingerprint density at radius 3 is 2.57 bits per heavy atom. The molecule has 168 valence electrons. The van der Waals surface area contributed by atoms with Crippen LogP contribution in [0.1, 0.15) is 30.9 Å². The number of benzene rings is 2. The van der Waals surface area contributed by atoms with Crippen molar-refractivity contribution >= 4 is 40.7 Å². The van der Waals surface area contributed by atoms with E-state index in [0.717, 1.165) is 35.2 Å². The van der Waals surface area contributed by atoms with Crippen LogP contribution >= 0.6 is 40.7 Å². The van der Waals surface area contributed by atoms with E-state index in [1.165, 1.54) is 31.5 Å². The van der Waals surface area contributed by atoms with Crippen LogP contribution in [0.25, 0.3) is 0 Å². The van der Waals surface area contributed by atoms with Crippen LogP contribution in [0, 0.1) is 5.82 Å². The van der Waals surface area contributed by atoms with Gasteiger partial charge >= 0.3 is 0 Å². The lowest BCUT2D eigenvalue weighted by Crippen LogP contribution is -2.37. The summed E-state index contributed by atoms with van der Waals surface area (Å²) in [5, 5.41) is 3.57. The van der Waals surface area contributed by atoms with Crippen molar-refractivity contribution in [3.63, 3.8) is 0 Å². The van der Waals surface area contributed by atoms with E-state index >= 15 is 0 Å². The van der Waals surface area contributed by atoms with Crippen molar-refractivity contribution in [2.75, 3.05) is 26.7 Å². The zero-order valence-electron chi connectivity index (χ0n) is 17.3. The van der Waals surface area contributed by atoms with Crippen LogP contribution in [-0.2, 0) is 13.2 Å². The van der Waals surface area contributed by atoms with Crippen molar-refractivity contribution in [1.29, 1.82) is 0 Å². The van der Waals surface area contributed by atoms with Gasteiger partial charge in [0.05, 0.1) is 11.6 Å². The summed E-state index contributed by atoms with van der Waals surface area (Å²) < 4.78 is 25.4. The molecule has 1 aliphatic heterocycles. The molecule has 0 radical (unpaired) electrons. The number of likely N-dealkylation sites (N-methyl/N-ethyl adjacent to an activating group) is 1. The molecule has 0 spiro atoms. The first-order chi connectivity index (χ1) is 13.6. The second kappa shape index (κ2) is 13.4. The summed E-state index contributed by atoms with van der Waals surface area (Å²) in [7, 11) is 1.64. The van der Waals surface area contributed by atoms with Gasteiger partial charge in [-0.2, -0.15) is 0 Å². The number of rotatable bonds is 9. The molecule has 2 aromatic carbocycles. The number of ether oxygens (including phenoxy) is 2. The second-order valence-electron chi connectivity index (χ2n) is 7.08. The lowest BCUT2D eigenvalue weighted by molar-refractivity contribution is 0.259. The van der Waals surface area contributed by atoms with Gasteiger partial charge in [0.25, 0.3) is 0 Å². The molecule has 30 heavy (non-hydrogen) atoms. The third kappa shape index (κ3) is 7.27. The van der Waals surface area contributed by atoms with Crippen LogP contribution in [0.2, 0.25) is 0 Å². The van der Waals surface area contributed by atoms with Gasteiger partial charge in [-0.3, -0.25) is 4.90 Å². The normalized spacial score (nSPS) is 15.9. The predicted molar refractivity (Wildman–Crippen MR) is 128 cm³/mol. The minimum atomic E-state index is -0.251. The van der Waals surface area contributed by atoms with E-state index in [2.05, 4.69) is 39.1 Å². The van der Waals surface area contributed by atoms with Crippen LogP contribution < -0.4 is 14.8 Å².